The van der Waals surface area contributed by atoms with Crippen LogP contribution in [0.2, 0.25) is 0 Å². The Morgan fingerprint density at radius 1 is 1.20 bits per heavy atom. The number of para-hydroxylation sites is 1. The second-order valence-corrected chi connectivity index (χ2v) is 7.26. The smallest absolute Gasteiger partial charge is 0.180 e. The van der Waals surface area contributed by atoms with E-state index in [-0.39, 0.29) is 5.75 Å². The van der Waals surface area contributed by atoms with Crippen molar-refractivity contribution in [3.63, 3.8) is 0 Å². The van der Waals surface area contributed by atoms with Crippen LogP contribution >= 0.6 is 0 Å². The van der Waals surface area contributed by atoms with Crippen LogP contribution in [0.15, 0.2) is 29.2 Å². The molecular weight excluding hydrogens is 272 g/mol. The minimum absolute atomic E-state index is 0.118. The van der Waals surface area contributed by atoms with Crippen LogP contribution in [-0.4, -0.2) is 27.3 Å². The molecule has 0 radical (unpaired) electrons. The predicted molar refractivity (Wildman–Crippen MR) is 84.7 cm³/mol. The summed E-state index contributed by atoms with van der Waals surface area (Å²) in [6.45, 7) is 5.25. The van der Waals surface area contributed by atoms with Gasteiger partial charge in [-0.25, -0.2) is 8.42 Å². The molecule has 1 atom stereocenters. The van der Waals surface area contributed by atoms with E-state index >= 15 is 0 Å². The van der Waals surface area contributed by atoms with Gasteiger partial charge in [-0.1, -0.05) is 32.4 Å². The van der Waals surface area contributed by atoms with Gasteiger partial charge in [0.15, 0.2) is 9.84 Å². The van der Waals surface area contributed by atoms with Crippen LogP contribution in [0.5, 0.6) is 0 Å². The van der Waals surface area contributed by atoms with Gasteiger partial charge >= 0.3 is 0 Å². The summed E-state index contributed by atoms with van der Waals surface area (Å²) in [5, 5.41) is 3.29. The third kappa shape index (κ3) is 4.80. The Balaban J connectivity index is 2.82. The van der Waals surface area contributed by atoms with E-state index in [9.17, 15) is 8.42 Å². The number of nitrogens with one attached hydrogen (secondary N) is 1. The fourth-order valence-electron chi connectivity index (χ4n) is 2.29. The van der Waals surface area contributed by atoms with E-state index in [4.69, 9.17) is 5.73 Å². The van der Waals surface area contributed by atoms with Crippen LogP contribution in [0.4, 0.5) is 5.69 Å². The van der Waals surface area contributed by atoms with Gasteiger partial charge in [-0.3, -0.25) is 0 Å². The highest BCUT2D eigenvalue weighted by Crippen LogP contribution is 2.23. The standard InChI is InChI=1S/C15H26N2O2S/c1-3-7-13(10-11-16)12-17-14-8-5-6-9-15(14)20(18,19)4-2/h5-6,8-9,13,17H,3-4,7,10-12,16H2,1-2H3. The Morgan fingerprint density at radius 3 is 2.50 bits per heavy atom. The summed E-state index contributed by atoms with van der Waals surface area (Å²) >= 11 is 0. The molecule has 0 bridgehead atoms. The zero-order valence-corrected chi connectivity index (χ0v) is 13.2. The molecular formula is C15H26N2O2S. The average molecular weight is 298 g/mol. The van der Waals surface area contributed by atoms with Crippen molar-refractivity contribution in [2.45, 2.75) is 38.0 Å². The highest BCUT2D eigenvalue weighted by atomic mass is 32.2. The predicted octanol–water partition coefficient (Wildman–Crippen LogP) is 2.66. The Kier molecular flexibility index (Phi) is 7.02. The Labute approximate surface area is 122 Å². The summed E-state index contributed by atoms with van der Waals surface area (Å²) in [4.78, 5) is 0.394. The van der Waals surface area contributed by atoms with Gasteiger partial charge < -0.3 is 11.1 Å². The molecule has 5 heteroatoms. The molecule has 0 amide bonds. The zero-order valence-electron chi connectivity index (χ0n) is 12.4. The summed E-state index contributed by atoms with van der Waals surface area (Å²) in [5.41, 5.74) is 6.33. The molecule has 0 heterocycles. The van der Waals surface area contributed by atoms with Gasteiger partial charge in [0.2, 0.25) is 0 Å². The summed E-state index contributed by atoms with van der Waals surface area (Å²) in [6.07, 6.45) is 3.18. The Hall–Kier alpha value is -1.07. The molecule has 114 valence electrons. The molecule has 20 heavy (non-hydrogen) atoms. The second kappa shape index (κ2) is 8.27. The van der Waals surface area contributed by atoms with Crippen LogP contribution in [0.25, 0.3) is 0 Å². The lowest BCUT2D eigenvalue weighted by Gasteiger charge is -2.18. The molecule has 0 aliphatic rings. The molecule has 4 nitrogen and oxygen atoms in total. The topological polar surface area (TPSA) is 72.2 Å². The molecule has 1 aromatic carbocycles. The largest absolute Gasteiger partial charge is 0.384 e. The van der Waals surface area contributed by atoms with E-state index in [1.54, 1.807) is 19.1 Å². The van der Waals surface area contributed by atoms with Crippen LogP contribution in [0.3, 0.4) is 0 Å². The number of nitrogens with two attached hydrogens (primary N) is 1. The quantitative estimate of drug-likeness (QED) is 0.735. The first kappa shape index (κ1) is 17.0. The number of hydrogen-bond acceptors (Lipinski definition) is 4. The van der Waals surface area contributed by atoms with Crippen molar-refractivity contribution in [3.8, 4) is 0 Å². The summed E-state index contributed by atoms with van der Waals surface area (Å²) in [6, 6.07) is 7.11. The van der Waals surface area contributed by atoms with Crippen LogP contribution in [-0.2, 0) is 9.84 Å². The molecule has 1 unspecified atom stereocenters. The van der Waals surface area contributed by atoms with Gasteiger partial charge in [-0.05, 0) is 37.4 Å². The summed E-state index contributed by atoms with van der Waals surface area (Å²) in [5.74, 6) is 0.606. The Bertz CT molecular complexity index is 494. The highest BCUT2D eigenvalue weighted by Gasteiger charge is 2.16. The fourth-order valence-corrected chi connectivity index (χ4v) is 3.36. The normalized spacial score (nSPS) is 13.2. The molecule has 0 aliphatic heterocycles. The van der Waals surface area contributed by atoms with Gasteiger partial charge in [0.1, 0.15) is 0 Å². The number of hydrogen-bond donors (Lipinski definition) is 2. The highest BCUT2D eigenvalue weighted by molar-refractivity contribution is 7.91. The molecule has 0 fully saturated rings. The minimum atomic E-state index is -3.19. The fraction of sp³-hybridized carbons (Fsp3) is 0.600. The van der Waals surface area contributed by atoms with Crippen LogP contribution in [0.1, 0.15) is 33.1 Å². The van der Waals surface area contributed by atoms with Gasteiger partial charge in [-0.2, -0.15) is 0 Å². The van der Waals surface area contributed by atoms with Gasteiger partial charge in [0, 0.05) is 6.54 Å². The van der Waals surface area contributed by atoms with Crippen molar-refractivity contribution in [3.05, 3.63) is 24.3 Å². The van der Waals surface area contributed by atoms with Crippen molar-refractivity contribution < 1.29 is 8.42 Å². The molecule has 0 aliphatic carbocycles. The molecule has 1 rings (SSSR count). The summed E-state index contributed by atoms with van der Waals surface area (Å²) in [7, 11) is -3.19. The number of rotatable bonds is 9. The van der Waals surface area contributed by atoms with E-state index in [0.717, 1.165) is 25.8 Å². The minimum Gasteiger partial charge on any atom is -0.384 e. The van der Waals surface area contributed by atoms with Gasteiger partial charge in [0.25, 0.3) is 0 Å². The van der Waals surface area contributed by atoms with Crippen molar-refractivity contribution in [1.82, 2.24) is 0 Å². The number of sulfone groups is 1. The maximum absolute atomic E-state index is 12.1. The van der Waals surface area contributed by atoms with Crippen molar-refractivity contribution in [2.75, 3.05) is 24.2 Å². The lowest BCUT2D eigenvalue weighted by molar-refractivity contribution is 0.473. The monoisotopic (exact) mass is 298 g/mol. The van der Waals surface area contributed by atoms with Gasteiger partial charge in [0.05, 0.1) is 16.3 Å². The first-order valence-corrected chi connectivity index (χ1v) is 8.96. The molecule has 1 aromatic rings. The van der Waals surface area contributed by atoms with E-state index in [0.29, 0.717) is 23.0 Å². The van der Waals surface area contributed by atoms with Crippen LogP contribution < -0.4 is 11.1 Å². The van der Waals surface area contributed by atoms with E-state index in [1.807, 2.05) is 12.1 Å². The lowest BCUT2D eigenvalue weighted by atomic mass is 10.00. The molecule has 3 N–H and O–H groups in total. The van der Waals surface area contributed by atoms with E-state index in [2.05, 4.69) is 12.2 Å². The third-order valence-electron chi connectivity index (χ3n) is 3.46. The van der Waals surface area contributed by atoms with Crippen LogP contribution in [0, 0.1) is 5.92 Å². The van der Waals surface area contributed by atoms with Crippen molar-refractivity contribution in [1.29, 1.82) is 0 Å². The molecule has 0 aromatic heterocycles. The molecule has 0 saturated heterocycles. The first-order valence-electron chi connectivity index (χ1n) is 7.30. The average Bonchev–Trinajstić information content (AvgIpc) is 2.45. The molecule has 0 spiro atoms. The number of anilines is 1. The molecule has 0 saturated carbocycles. The van der Waals surface area contributed by atoms with Crippen molar-refractivity contribution in [2.24, 2.45) is 11.7 Å². The maximum atomic E-state index is 12.1. The van der Waals surface area contributed by atoms with Crippen molar-refractivity contribution >= 4 is 15.5 Å². The van der Waals surface area contributed by atoms with E-state index in [1.165, 1.54) is 0 Å². The second-order valence-electron chi connectivity index (χ2n) is 5.01. The maximum Gasteiger partial charge on any atom is 0.180 e. The zero-order chi connectivity index (χ0) is 15.0. The van der Waals surface area contributed by atoms with E-state index < -0.39 is 9.84 Å². The SMILES string of the molecule is CCCC(CCN)CNc1ccccc1S(=O)(=O)CC. The summed E-state index contributed by atoms with van der Waals surface area (Å²) < 4.78 is 24.1. The third-order valence-corrected chi connectivity index (χ3v) is 5.24. The first-order chi connectivity index (χ1) is 9.55. The number of benzene rings is 1. The van der Waals surface area contributed by atoms with Gasteiger partial charge in [-0.15, -0.1) is 0 Å². The lowest BCUT2D eigenvalue weighted by Crippen LogP contribution is -2.19. The Morgan fingerprint density at radius 2 is 1.90 bits per heavy atom.